The Hall–Kier alpha value is -1.92. The van der Waals surface area contributed by atoms with Gasteiger partial charge in [-0.3, -0.25) is 14.9 Å². The topological polar surface area (TPSA) is 72.2 Å². The second-order valence-electron chi connectivity index (χ2n) is 4.29. The number of hydrogen-bond donors (Lipinski definition) is 1. The van der Waals surface area contributed by atoms with Gasteiger partial charge in [0.25, 0.3) is 11.6 Å². The van der Waals surface area contributed by atoms with E-state index in [1.165, 1.54) is 18.2 Å². The maximum Gasteiger partial charge on any atom is 0.294 e. The first-order valence-corrected chi connectivity index (χ1v) is 7.07. The Morgan fingerprint density at radius 2 is 2.05 bits per heavy atom. The molecule has 2 aromatic carbocycles. The highest BCUT2D eigenvalue weighted by atomic mass is 79.9. The molecule has 2 rings (SSSR count). The van der Waals surface area contributed by atoms with Crippen LogP contribution in [0.4, 0.5) is 11.4 Å². The summed E-state index contributed by atoms with van der Waals surface area (Å²) in [6, 6.07) is 9.28. The summed E-state index contributed by atoms with van der Waals surface area (Å²) in [6.07, 6.45) is 0. The van der Waals surface area contributed by atoms with Gasteiger partial charge in [-0.15, -0.1) is 0 Å². The molecule has 0 saturated carbocycles. The molecular weight excluding hydrogens is 360 g/mol. The van der Waals surface area contributed by atoms with Gasteiger partial charge in [-0.1, -0.05) is 33.6 Å². The van der Waals surface area contributed by atoms with E-state index in [-0.39, 0.29) is 16.4 Å². The standard InChI is InChI=1S/C14H10BrClN2O3/c1-8-10(3-2-4-11(8)15)14(19)17-12-6-5-9(16)7-13(12)18(20)21/h2-7H,1H3,(H,17,19). The van der Waals surface area contributed by atoms with Crippen molar-refractivity contribution in [2.75, 3.05) is 5.32 Å². The highest BCUT2D eigenvalue weighted by Crippen LogP contribution is 2.29. The van der Waals surface area contributed by atoms with Crippen LogP contribution < -0.4 is 5.32 Å². The van der Waals surface area contributed by atoms with Gasteiger partial charge in [0.1, 0.15) is 5.69 Å². The number of nitrogens with one attached hydrogen (secondary N) is 1. The number of rotatable bonds is 3. The van der Waals surface area contributed by atoms with Crippen LogP contribution in [-0.4, -0.2) is 10.8 Å². The van der Waals surface area contributed by atoms with Crippen molar-refractivity contribution >= 4 is 44.8 Å². The van der Waals surface area contributed by atoms with Gasteiger partial charge in [0.2, 0.25) is 0 Å². The maximum absolute atomic E-state index is 12.3. The van der Waals surface area contributed by atoms with Gasteiger partial charge in [0.05, 0.1) is 4.92 Å². The van der Waals surface area contributed by atoms with Gasteiger partial charge in [-0.05, 0) is 36.8 Å². The molecule has 5 nitrogen and oxygen atoms in total. The molecule has 0 fully saturated rings. The van der Waals surface area contributed by atoms with Crippen molar-refractivity contribution in [3.8, 4) is 0 Å². The monoisotopic (exact) mass is 368 g/mol. The first-order chi connectivity index (χ1) is 9.90. The highest BCUT2D eigenvalue weighted by molar-refractivity contribution is 9.10. The molecule has 108 valence electrons. The molecule has 0 bridgehead atoms. The molecule has 1 N–H and O–H groups in total. The lowest BCUT2D eigenvalue weighted by molar-refractivity contribution is -0.383. The summed E-state index contributed by atoms with van der Waals surface area (Å²) in [6.45, 7) is 1.79. The number of benzene rings is 2. The Kier molecular flexibility index (Phi) is 4.59. The predicted octanol–water partition coefficient (Wildman–Crippen LogP) is 4.57. The molecule has 0 aromatic heterocycles. The number of nitro benzene ring substituents is 1. The quantitative estimate of drug-likeness (QED) is 0.636. The normalized spacial score (nSPS) is 10.2. The minimum Gasteiger partial charge on any atom is -0.316 e. The summed E-state index contributed by atoms with van der Waals surface area (Å²) in [5, 5.41) is 13.8. The van der Waals surface area contributed by atoms with Gasteiger partial charge >= 0.3 is 0 Å². The summed E-state index contributed by atoms with van der Waals surface area (Å²) in [5.74, 6) is -0.417. The Bertz CT molecular complexity index is 734. The maximum atomic E-state index is 12.3. The van der Waals surface area contributed by atoms with Crippen LogP contribution in [0.1, 0.15) is 15.9 Å². The SMILES string of the molecule is Cc1c(Br)cccc1C(=O)Nc1ccc(Cl)cc1[N+](=O)[O-]. The van der Waals surface area contributed by atoms with Crippen molar-refractivity contribution in [2.24, 2.45) is 0 Å². The Labute approximate surface area is 134 Å². The van der Waals surface area contributed by atoms with Crippen LogP contribution in [0.5, 0.6) is 0 Å². The van der Waals surface area contributed by atoms with Crippen molar-refractivity contribution in [3.05, 3.63) is 67.1 Å². The second-order valence-corrected chi connectivity index (χ2v) is 5.58. The van der Waals surface area contributed by atoms with Crippen molar-refractivity contribution < 1.29 is 9.72 Å². The van der Waals surface area contributed by atoms with Crippen molar-refractivity contribution in [2.45, 2.75) is 6.92 Å². The highest BCUT2D eigenvalue weighted by Gasteiger charge is 2.18. The van der Waals surface area contributed by atoms with E-state index in [9.17, 15) is 14.9 Å². The predicted molar refractivity (Wildman–Crippen MR) is 84.9 cm³/mol. The fourth-order valence-corrected chi connectivity index (χ4v) is 2.34. The first kappa shape index (κ1) is 15.5. The molecule has 7 heteroatoms. The molecule has 0 aliphatic heterocycles. The molecule has 0 atom stereocenters. The molecule has 0 aliphatic rings. The van der Waals surface area contributed by atoms with Gasteiger partial charge in [-0.2, -0.15) is 0 Å². The third-order valence-electron chi connectivity index (χ3n) is 2.92. The van der Waals surface area contributed by atoms with Crippen LogP contribution in [0.25, 0.3) is 0 Å². The van der Waals surface area contributed by atoms with Crippen molar-refractivity contribution in [1.82, 2.24) is 0 Å². The first-order valence-electron chi connectivity index (χ1n) is 5.90. The number of anilines is 1. The molecule has 0 spiro atoms. The number of amides is 1. The van der Waals surface area contributed by atoms with E-state index in [1.54, 1.807) is 19.1 Å². The van der Waals surface area contributed by atoms with E-state index >= 15 is 0 Å². The molecule has 0 radical (unpaired) electrons. The molecule has 0 saturated heterocycles. The van der Waals surface area contributed by atoms with E-state index in [2.05, 4.69) is 21.2 Å². The zero-order chi connectivity index (χ0) is 15.6. The minimum atomic E-state index is -0.588. The third-order valence-corrected chi connectivity index (χ3v) is 4.01. The van der Waals surface area contributed by atoms with E-state index in [0.717, 1.165) is 10.0 Å². The second kappa shape index (κ2) is 6.24. The lowest BCUT2D eigenvalue weighted by atomic mass is 10.1. The number of carbonyl (C=O) groups is 1. The fraction of sp³-hybridized carbons (Fsp3) is 0.0714. The lowest BCUT2D eigenvalue weighted by Gasteiger charge is -2.09. The average Bonchev–Trinajstić information content (AvgIpc) is 2.43. The number of nitro groups is 1. The summed E-state index contributed by atoms with van der Waals surface area (Å²) >= 11 is 9.08. The average molecular weight is 370 g/mol. The molecule has 21 heavy (non-hydrogen) atoms. The van der Waals surface area contributed by atoms with Crippen LogP contribution >= 0.6 is 27.5 Å². The van der Waals surface area contributed by atoms with Crippen molar-refractivity contribution in [3.63, 3.8) is 0 Å². The number of halogens is 2. The van der Waals surface area contributed by atoms with Gasteiger partial charge in [0.15, 0.2) is 0 Å². The molecule has 0 unspecified atom stereocenters. The smallest absolute Gasteiger partial charge is 0.294 e. The Balaban J connectivity index is 2.36. The zero-order valence-corrected chi connectivity index (χ0v) is 13.2. The van der Waals surface area contributed by atoms with E-state index in [0.29, 0.717) is 5.56 Å². The van der Waals surface area contributed by atoms with Crippen LogP contribution in [0, 0.1) is 17.0 Å². The number of nitrogens with zero attached hydrogens (tertiary/aromatic N) is 1. The largest absolute Gasteiger partial charge is 0.316 e. The van der Waals surface area contributed by atoms with Crippen molar-refractivity contribution in [1.29, 1.82) is 0 Å². The zero-order valence-electron chi connectivity index (χ0n) is 10.9. The summed E-state index contributed by atoms with van der Waals surface area (Å²) in [7, 11) is 0. The number of hydrogen-bond acceptors (Lipinski definition) is 3. The minimum absolute atomic E-state index is 0.105. The molecule has 2 aromatic rings. The summed E-state index contributed by atoms with van der Waals surface area (Å²) < 4.78 is 0.792. The Morgan fingerprint density at radius 3 is 2.71 bits per heavy atom. The van der Waals surface area contributed by atoms with E-state index < -0.39 is 10.8 Å². The molecular formula is C14H10BrClN2O3. The van der Waals surface area contributed by atoms with Crippen LogP contribution in [-0.2, 0) is 0 Å². The van der Waals surface area contributed by atoms with Gasteiger partial charge < -0.3 is 5.32 Å². The number of carbonyl (C=O) groups excluding carboxylic acids is 1. The molecule has 0 aliphatic carbocycles. The van der Waals surface area contributed by atoms with Crippen LogP contribution in [0.2, 0.25) is 5.02 Å². The molecule has 0 heterocycles. The van der Waals surface area contributed by atoms with E-state index in [1.807, 2.05) is 6.07 Å². The van der Waals surface area contributed by atoms with E-state index in [4.69, 9.17) is 11.6 Å². The molecule has 1 amide bonds. The third kappa shape index (κ3) is 3.40. The fourth-order valence-electron chi connectivity index (χ4n) is 1.80. The lowest BCUT2D eigenvalue weighted by Crippen LogP contribution is -2.14. The van der Waals surface area contributed by atoms with Gasteiger partial charge in [0, 0.05) is 21.1 Å². The van der Waals surface area contributed by atoms with Crippen LogP contribution in [0.3, 0.4) is 0 Å². The van der Waals surface area contributed by atoms with Gasteiger partial charge in [-0.25, -0.2) is 0 Å². The summed E-state index contributed by atoms with van der Waals surface area (Å²) in [5.41, 5.74) is 1.05. The summed E-state index contributed by atoms with van der Waals surface area (Å²) in [4.78, 5) is 22.7. The Morgan fingerprint density at radius 1 is 1.33 bits per heavy atom. The van der Waals surface area contributed by atoms with Crippen LogP contribution in [0.15, 0.2) is 40.9 Å².